The number of carbonyl (C=O) groups excluding carboxylic acids is 3. The van der Waals surface area contributed by atoms with Crippen LogP contribution >= 0.6 is 0 Å². The van der Waals surface area contributed by atoms with Crippen molar-refractivity contribution >= 4 is 17.5 Å². The first-order valence-electron chi connectivity index (χ1n) is 11.7. The number of aliphatic hydroxyl groups excluding tert-OH is 2. The summed E-state index contributed by atoms with van der Waals surface area (Å²) in [5, 5.41) is 32.5. The minimum Gasteiger partial charge on any atom is -0.511 e. The number of Topliss-reactive ketones (excluding diaryl/α,β-unsaturated/α-hetero) is 2. The van der Waals surface area contributed by atoms with Gasteiger partial charge in [-0.15, -0.1) is 0 Å². The molecule has 1 aliphatic heterocycles. The highest BCUT2D eigenvalue weighted by Crippen LogP contribution is 2.60. The van der Waals surface area contributed by atoms with Crippen LogP contribution in [0.1, 0.15) is 34.9 Å². The standard InChI is InChI=1S/C27H23NO9/c1-35-15-6-4-11-10-3-5-13(29)19-17(10)24(37-25(11)26(15)36-2)12-7-9-8-14(30)20(27(28)34)22(32)16(9)21(31)18(12)23(19)33/h3-6,9,12,16,24,29-31H,7-8H2,1-2H3,(H2,28,34)/t9?,12-,16?,24?/m0/s1. The molecule has 10 nitrogen and oxygen atoms in total. The lowest BCUT2D eigenvalue weighted by Crippen LogP contribution is -2.45. The van der Waals surface area contributed by atoms with Crippen LogP contribution in [0.2, 0.25) is 0 Å². The molecular weight excluding hydrogens is 482 g/mol. The minimum atomic E-state index is -1.22. The number of hydrogen-bond acceptors (Lipinski definition) is 9. The number of aliphatic hydroxyl groups is 2. The molecule has 1 amide bonds. The number of phenols is 1. The van der Waals surface area contributed by atoms with Gasteiger partial charge in [0, 0.05) is 29.0 Å². The molecule has 2 aromatic carbocycles. The lowest BCUT2D eigenvalue weighted by Gasteiger charge is -2.45. The predicted molar refractivity (Wildman–Crippen MR) is 128 cm³/mol. The lowest BCUT2D eigenvalue weighted by molar-refractivity contribution is -0.126. The van der Waals surface area contributed by atoms with Crippen LogP contribution in [-0.2, 0) is 9.59 Å². The number of ketones is 2. The fourth-order valence-electron chi connectivity index (χ4n) is 6.38. The first-order valence-corrected chi connectivity index (χ1v) is 11.7. The summed E-state index contributed by atoms with van der Waals surface area (Å²) in [7, 11) is 2.97. The fraction of sp³-hybridized carbons (Fsp3) is 0.296. The molecule has 2 aromatic rings. The molecule has 0 fully saturated rings. The summed E-state index contributed by atoms with van der Waals surface area (Å²) in [6, 6.07) is 6.58. The molecule has 3 aliphatic carbocycles. The van der Waals surface area contributed by atoms with Crippen molar-refractivity contribution in [2.45, 2.75) is 18.9 Å². The molecular formula is C27H23NO9. The second-order valence-corrected chi connectivity index (χ2v) is 9.60. The quantitative estimate of drug-likeness (QED) is 0.459. The number of carbonyl (C=O) groups is 3. The van der Waals surface area contributed by atoms with Crippen molar-refractivity contribution in [2.24, 2.45) is 23.5 Å². The van der Waals surface area contributed by atoms with Gasteiger partial charge in [-0.05, 0) is 36.1 Å². The SMILES string of the molecule is COc1ccc2c(c1OC)OC1c3c-2ccc(O)c3C(=O)C2=C(O)C3C(=O)C(C(N)=O)=C(O)CC3C[C@@H]21. The molecule has 1 heterocycles. The van der Waals surface area contributed by atoms with E-state index in [2.05, 4.69) is 0 Å². The molecule has 0 saturated heterocycles. The molecule has 0 saturated carbocycles. The van der Waals surface area contributed by atoms with E-state index in [1.54, 1.807) is 18.2 Å². The molecule has 0 bridgehead atoms. The summed E-state index contributed by atoms with van der Waals surface area (Å²) in [5.74, 6) is -5.13. The topological polar surface area (TPSA) is 166 Å². The summed E-state index contributed by atoms with van der Waals surface area (Å²) in [6.07, 6.45) is -0.699. The maximum absolute atomic E-state index is 13.8. The van der Waals surface area contributed by atoms with Gasteiger partial charge >= 0.3 is 0 Å². The monoisotopic (exact) mass is 505 g/mol. The molecule has 37 heavy (non-hydrogen) atoms. The van der Waals surface area contributed by atoms with Gasteiger partial charge < -0.3 is 35.3 Å². The van der Waals surface area contributed by atoms with Crippen LogP contribution in [0.5, 0.6) is 23.0 Å². The van der Waals surface area contributed by atoms with Gasteiger partial charge in [-0.25, -0.2) is 0 Å². The zero-order valence-electron chi connectivity index (χ0n) is 19.9. The van der Waals surface area contributed by atoms with Crippen LogP contribution in [0.15, 0.2) is 46.9 Å². The number of fused-ring (bicyclic) bond motifs is 5. The predicted octanol–water partition coefficient (Wildman–Crippen LogP) is 3.04. The van der Waals surface area contributed by atoms with Crippen LogP contribution < -0.4 is 19.9 Å². The number of benzene rings is 2. The highest BCUT2D eigenvalue weighted by atomic mass is 16.5. The fourth-order valence-corrected chi connectivity index (χ4v) is 6.38. The zero-order valence-corrected chi connectivity index (χ0v) is 19.9. The van der Waals surface area contributed by atoms with Gasteiger partial charge in [-0.2, -0.15) is 0 Å². The largest absolute Gasteiger partial charge is 0.511 e. The summed E-state index contributed by atoms with van der Waals surface area (Å²) >= 11 is 0. The highest BCUT2D eigenvalue weighted by Gasteiger charge is 2.55. The summed E-state index contributed by atoms with van der Waals surface area (Å²) < 4.78 is 17.5. The minimum absolute atomic E-state index is 0.0176. The van der Waals surface area contributed by atoms with Gasteiger partial charge in [0.05, 0.1) is 25.7 Å². The molecule has 4 aliphatic rings. The smallest absolute Gasteiger partial charge is 0.255 e. The van der Waals surface area contributed by atoms with Gasteiger partial charge in [0.25, 0.3) is 5.91 Å². The van der Waals surface area contributed by atoms with E-state index < -0.39 is 58.4 Å². The number of ether oxygens (including phenoxy) is 3. The van der Waals surface area contributed by atoms with Crippen LogP contribution in [0.3, 0.4) is 0 Å². The molecule has 4 atom stereocenters. The lowest BCUT2D eigenvalue weighted by atomic mass is 9.61. The summed E-state index contributed by atoms with van der Waals surface area (Å²) in [5.41, 5.74) is 6.43. The van der Waals surface area contributed by atoms with E-state index in [0.717, 1.165) is 0 Å². The van der Waals surface area contributed by atoms with Gasteiger partial charge in [-0.3, -0.25) is 14.4 Å². The second-order valence-electron chi connectivity index (χ2n) is 9.60. The van der Waals surface area contributed by atoms with E-state index in [4.69, 9.17) is 19.9 Å². The number of aromatic hydroxyl groups is 1. The van der Waals surface area contributed by atoms with Crippen LogP contribution in [0.4, 0.5) is 0 Å². The molecule has 3 unspecified atom stereocenters. The Kier molecular flexibility index (Phi) is 4.82. The first kappa shape index (κ1) is 23.0. The van der Waals surface area contributed by atoms with Gasteiger partial charge in [-0.1, -0.05) is 6.07 Å². The average molecular weight is 505 g/mol. The van der Waals surface area contributed by atoms with E-state index >= 15 is 0 Å². The maximum atomic E-state index is 13.8. The molecule has 0 spiro atoms. The molecule has 5 N–H and O–H groups in total. The Labute approximate surface area is 210 Å². The van der Waals surface area contributed by atoms with Crippen LogP contribution in [0, 0.1) is 17.8 Å². The van der Waals surface area contributed by atoms with E-state index in [-0.39, 0.29) is 29.7 Å². The van der Waals surface area contributed by atoms with Crippen molar-refractivity contribution in [1.29, 1.82) is 0 Å². The van der Waals surface area contributed by atoms with Gasteiger partial charge in [0.1, 0.15) is 28.9 Å². The van der Waals surface area contributed by atoms with E-state index in [1.165, 1.54) is 20.3 Å². The Morgan fingerprint density at radius 1 is 1.05 bits per heavy atom. The number of rotatable bonds is 3. The third-order valence-electron chi connectivity index (χ3n) is 7.87. The van der Waals surface area contributed by atoms with Crippen molar-refractivity contribution in [3.8, 4) is 34.1 Å². The Balaban J connectivity index is 1.58. The number of primary amides is 1. The van der Waals surface area contributed by atoms with Gasteiger partial charge in [0.15, 0.2) is 23.1 Å². The van der Waals surface area contributed by atoms with Crippen LogP contribution in [0.25, 0.3) is 11.1 Å². The number of allylic oxidation sites excluding steroid dienone is 2. The van der Waals surface area contributed by atoms with Crippen molar-refractivity contribution in [2.75, 3.05) is 14.2 Å². The van der Waals surface area contributed by atoms with Crippen molar-refractivity contribution < 1.29 is 43.9 Å². The summed E-state index contributed by atoms with van der Waals surface area (Å²) in [4.78, 5) is 38.7. The number of nitrogens with two attached hydrogens (primary N) is 1. The van der Waals surface area contributed by atoms with E-state index in [9.17, 15) is 29.7 Å². The Hall–Kier alpha value is -4.47. The number of amides is 1. The van der Waals surface area contributed by atoms with Crippen molar-refractivity contribution in [3.63, 3.8) is 0 Å². The first-order chi connectivity index (χ1) is 17.7. The average Bonchev–Trinajstić information content (AvgIpc) is 2.85. The normalized spacial score (nSPS) is 25.5. The number of methoxy groups -OCH3 is 2. The Morgan fingerprint density at radius 3 is 2.46 bits per heavy atom. The molecule has 10 heteroatoms. The van der Waals surface area contributed by atoms with Gasteiger partial charge in [0.2, 0.25) is 5.75 Å². The second kappa shape index (κ2) is 7.76. The Morgan fingerprint density at radius 2 is 1.78 bits per heavy atom. The summed E-state index contributed by atoms with van der Waals surface area (Å²) in [6.45, 7) is 0. The molecule has 6 rings (SSSR count). The van der Waals surface area contributed by atoms with Crippen molar-refractivity contribution in [1.82, 2.24) is 0 Å². The van der Waals surface area contributed by atoms with E-state index in [1.807, 2.05) is 0 Å². The highest BCUT2D eigenvalue weighted by molar-refractivity contribution is 6.22. The molecule has 0 aromatic heterocycles. The Bertz CT molecular complexity index is 1500. The zero-order chi connectivity index (χ0) is 26.3. The van der Waals surface area contributed by atoms with Crippen LogP contribution in [-0.4, -0.2) is 47.0 Å². The molecule has 0 radical (unpaired) electrons. The maximum Gasteiger partial charge on any atom is 0.255 e. The number of phenolic OH excluding ortho intramolecular Hbond substituents is 1. The molecule has 190 valence electrons. The third kappa shape index (κ3) is 2.89. The van der Waals surface area contributed by atoms with Crippen molar-refractivity contribution in [3.05, 3.63) is 58.1 Å². The number of hydrogen-bond donors (Lipinski definition) is 4. The third-order valence-corrected chi connectivity index (χ3v) is 7.87. The van der Waals surface area contributed by atoms with E-state index in [0.29, 0.717) is 33.9 Å².